The van der Waals surface area contributed by atoms with Gasteiger partial charge < -0.3 is 19.2 Å². The van der Waals surface area contributed by atoms with Crippen LogP contribution < -0.4 is 10.1 Å². The van der Waals surface area contributed by atoms with Gasteiger partial charge in [0, 0.05) is 5.69 Å². The number of esters is 1. The lowest BCUT2D eigenvalue weighted by Gasteiger charge is -2.10. The quantitative estimate of drug-likeness (QED) is 0.451. The molecule has 11 heteroatoms. The Morgan fingerprint density at radius 1 is 1.10 bits per heavy atom. The Balaban J connectivity index is 1.41. The first-order valence-electron chi connectivity index (χ1n) is 8.08. The number of hydrogen-bond acceptors (Lipinski definition) is 7. The number of anilines is 1. The minimum atomic E-state index is -4.80. The number of benzene rings is 2. The first-order valence-corrected chi connectivity index (χ1v) is 9.07. The van der Waals surface area contributed by atoms with Gasteiger partial charge in [-0.2, -0.15) is 0 Å². The number of nitrogens with zero attached hydrogens (tertiary/aromatic N) is 1. The summed E-state index contributed by atoms with van der Waals surface area (Å²) in [5, 5.41) is 2.69. The molecule has 0 saturated heterocycles. The second kappa shape index (κ2) is 8.86. The van der Waals surface area contributed by atoms with E-state index in [4.69, 9.17) is 9.15 Å². The lowest BCUT2D eigenvalue weighted by molar-refractivity contribution is -0.274. The van der Waals surface area contributed by atoms with Gasteiger partial charge >= 0.3 is 12.3 Å². The van der Waals surface area contributed by atoms with Crippen molar-refractivity contribution in [2.24, 2.45) is 0 Å². The van der Waals surface area contributed by atoms with Crippen molar-refractivity contribution in [1.82, 2.24) is 4.98 Å². The van der Waals surface area contributed by atoms with Crippen LogP contribution >= 0.6 is 11.8 Å². The summed E-state index contributed by atoms with van der Waals surface area (Å²) in [6, 6.07) is 11.7. The van der Waals surface area contributed by atoms with Crippen molar-refractivity contribution in [3.8, 4) is 5.75 Å². The number of rotatable bonds is 7. The SMILES string of the molecule is O=C(COC(=O)CSc1nc2ccccc2o1)Nc1ccc(OC(F)(F)F)cc1. The summed E-state index contributed by atoms with van der Waals surface area (Å²) in [7, 11) is 0. The van der Waals surface area contributed by atoms with Crippen molar-refractivity contribution >= 4 is 40.4 Å². The Bertz CT molecular complexity index is 972. The fraction of sp³-hybridized carbons (Fsp3) is 0.167. The van der Waals surface area contributed by atoms with Crippen molar-refractivity contribution in [3.05, 3.63) is 48.5 Å². The average Bonchev–Trinajstić information content (AvgIpc) is 3.08. The van der Waals surface area contributed by atoms with Crippen LogP contribution in [0.4, 0.5) is 18.9 Å². The molecule has 1 heterocycles. The van der Waals surface area contributed by atoms with E-state index >= 15 is 0 Å². The fourth-order valence-corrected chi connectivity index (χ4v) is 2.79. The molecule has 152 valence electrons. The first-order chi connectivity index (χ1) is 13.8. The average molecular weight is 426 g/mol. The zero-order chi connectivity index (χ0) is 20.9. The molecule has 1 amide bonds. The normalized spacial score (nSPS) is 11.3. The van der Waals surface area contributed by atoms with Crippen molar-refractivity contribution in [2.75, 3.05) is 17.7 Å². The number of alkyl halides is 3. The summed E-state index contributed by atoms with van der Waals surface area (Å²) in [5.74, 6) is -1.82. The number of aromatic nitrogens is 1. The molecule has 1 N–H and O–H groups in total. The van der Waals surface area contributed by atoms with E-state index in [1.807, 2.05) is 6.07 Å². The molecule has 0 saturated carbocycles. The standard InChI is InChI=1S/C18H13F3N2O5S/c19-18(20,21)28-12-7-5-11(6-8-12)22-15(24)9-26-16(25)10-29-17-23-13-3-1-2-4-14(13)27-17/h1-8H,9-10H2,(H,22,24). The smallest absolute Gasteiger partial charge is 0.455 e. The summed E-state index contributed by atoms with van der Waals surface area (Å²) in [5.41, 5.74) is 1.48. The highest BCUT2D eigenvalue weighted by Gasteiger charge is 2.30. The topological polar surface area (TPSA) is 90.7 Å². The van der Waals surface area contributed by atoms with Gasteiger partial charge in [-0.3, -0.25) is 9.59 Å². The van der Waals surface area contributed by atoms with Gasteiger partial charge in [-0.05, 0) is 36.4 Å². The molecular formula is C18H13F3N2O5S. The molecule has 29 heavy (non-hydrogen) atoms. The number of carbonyl (C=O) groups excluding carboxylic acids is 2. The molecule has 0 radical (unpaired) electrons. The molecule has 1 aromatic heterocycles. The second-order valence-corrected chi connectivity index (χ2v) is 6.44. The Morgan fingerprint density at radius 2 is 1.83 bits per heavy atom. The number of para-hydroxylation sites is 2. The fourth-order valence-electron chi connectivity index (χ4n) is 2.16. The van der Waals surface area contributed by atoms with Crippen LogP contribution in [0.5, 0.6) is 5.75 Å². The molecule has 0 atom stereocenters. The molecule has 0 bridgehead atoms. The molecule has 7 nitrogen and oxygen atoms in total. The summed E-state index contributed by atoms with van der Waals surface area (Å²) in [6.07, 6.45) is -4.80. The molecule has 0 aliphatic heterocycles. The second-order valence-electron chi connectivity index (χ2n) is 5.52. The van der Waals surface area contributed by atoms with E-state index in [0.717, 1.165) is 23.9 Å². The van der Waals surface area contributed by atoms with Crippen molar-refractivity contribution < 1.29 is 36.7 Å². The van der Waals surface area contributed by atoms with Crippen LogP contribution in [-0.2, 0) is 14.3 Å². The minimum absolute atomic E-state index is 0.108. The summed E-state index contributed by atoms with van der Waals surface area (Å²) >= 11 is 1.03. The highest BCUT2D eigenvalue weighted by molar-refractivity contribution is 7.99. The van der Waals surface area contributed by atoms with Gasteiger partial charge in [0.05, 0.1) is 0 Å². The Morgan fingerprint density at radius 3 is 2.52 bits per heavy atom. The van der Waals surface area contributed by atoms with Crippen molar-refractivity contribution in [2.45, 2.75) is 11.6 Å². The van der Waals surface area contributed by atoms with E-state index in [-0.39, 0.29) is 11.4 Å². The summed E-state index contributed by atoms with van der Waals surface area (Å²) in [4.78, 5) is 27.7. The van der Waals surface area contributed by atoms with E-state index < -0.39 is 30.6 Å². The zero-order valence-electron chi connectivity index (χ0n) is 14.6. The molecule has 3 rings (SSSR count). The minimum Gasteiger partial charge on any atom is -0.455 e. The largest absolute Gasteiger partial charge is 0.573 e. The number of nitrogens with one attached hydrogen (secondary N) is 1. The Labute approximate surface area is 166 Å². The molecule has 0 fully saturated rings. The molecule has 2 aromatic carbocycles. The zero-order valence-corrected chi connectivity index (χ0v) is 15.4. The third-order valence-corrected chi connectivity index (χ3v) is 4.13. The van der Waals surface area contributed by atoms with E-state index in [2.05, 4.69) is 15.0 Å². The van der Waals surface area contributed by atoms with Crippen LogP contribution in [0.2, 0.25) is 0 Å². The molecule has 3 aromatic rings. The Kier molecular flexibility index (Phi) is 6.27. The number of hydrogen-bond donors (Lipinski definition) is 1. The number of ether oxygens (including phenoxy) is 2. The monoisotopic (exact) mass is 426 g/mol. The number of amides is 1. The molecule has 0 aliphatic carbocycles. The number of carbonyl (C=O) groups is 2. The molecule has 0 unspecified atom stereocenters. The van der Waals surface area contributed by atoms with Crippen LogP contribution in [-0.4, -0.2) is 35.6 Å². The maximum atomic E-state index is 12.1. The summed E-state index contributed by atoms with van der Waals surface area (Å²) < 4.78 is 50.3. The van der Waals surface area contributed by atoms with E-state index in [1.165, 1.54) is 12.1 Å². The number of oxazole rings is 1. The van der Waals surface area contributed by atoms with Gasteiger partial charge in [-0.15, -0.1) is 13.2 Å². The first kappa shape index (κ1) is 20.5. The maximum absolute atomic E-state index is 12.1. The van der Waals surface area contributed by atoms with Crippen molar-refractivity contribution in [3.63, 3.8) is 0 Å². The highest BCUT2D eigenvalue weighted by Crippen LogP contribution is 2.24. The molecule has 0 spiro atoms. The van der Waals surface area contributed by atoms with Gasteiger partial charge in [-0.1, -0.05) is 23.9 Å². The summed E-state index contributed by atoms with van der Waals surface area (Å²) in [6.45, 7) is -0.548. The van der Waals surface area contributed by atoms with Gasteiger partial charge in [-0.25, -0.2) is 4.98 Å². The number of thioether (sulfide) groups is 1. The van der Waals surface area contributed by atoms with Crippen LogP contribution in [0, 0.1) is 0 Å². The lowest BCUT2D eigenvalue weighted by Crippen LogP contribution is -2.21. The van der Waals surface area contributed by atoms with E-state index in [0.29, 0.717) is 16.3 Å². The van der Waals surface area contributed by atoms with Crippen LogP contribution in [0.1, 0.15) is 0 Å². The van der Waals surface area contributed by atoms with Crippen LogP contribution in [0.15, 0.2) is 58.2 Å². The van der Waals surface area contributed by atoms with Crippen LogP contribution in [0.25, 0.3) is 11.1 Å². The van der Waals surface area contributed by atoms with Gasteiger partial charge in [0.2, 0.25) is 0 Å². The van der Waals surface area contributed by atoms with Crippen LogP contribution in [0.3, 0.4) is 0 Å². The van der Waals surface area contributed by atoms with Gasteiger partial charge in [0.15, 0.2) is 12.2 Å². The predicted molar refractivity (Wildman–Crippen MR) is 97.4 cm³/mol. The predicted octanol–water partition coefficient (Wildman–Crippen LogP) is 4.00. The van der Waals surface area contributed by atoms with E-state index in [9.17, 15) is 22.8 Å². The number of fused-ring (bicyclic) bond motifs is 1. The maximum Gasteiger partial charge on any atom is 0.573 e. The van der Waals surface area contributed by atoms with Gasteiger partial charge in [0.25, 0.3) is 11.1 Å². The van der Waals surface area contributed by atoms with E-state index in [1.54, 1.807) is 18.2 Å². The highest BCUT2D eigenvalue weighted by atomic mass is 32.2. The van der Waals surface area contributed by atoms with Crippen molar-refractivity contribution in [1.29, 1.82) is 0 Å². The lowest BCUT2D eigenvalue weighted by atomic mass is 10.3. The number of halogens is 3. The Hall–Kier alpha value is -3.21. The third-order valence-electron chi connectivity index (χ3n) is 3.32. The molecule has 0 aliphatic rings. The molecular weight excluding hydrogens is 413 g/mol. The van der Waals surface area contributed by atoms with Gasteiger partial charge in [0.1, 0.15) is 17.0 Å². The third kappa shape index (κ3) is 6.42.